The van der Waals surface area contributed by atoms with E-state index in [-0.39, 0.29) is 23.1 Å². The second-order valence-corrected chi connectivity index (χ2v) is 6.90. The topological polar surface area (TPSA) is 35.5 Å². The quantitative estimate of drug-likeness (QED) is 0.579. The van der Waals surface area contributed by atoms with Gasteiger partial charge in [0.25, 0.3) is 0 Å². The third kappa shape index (κ3) is 1.40. The number of carbonyl (C=O) groups excluding carboxylic acids is 1. The van der Waals surface area contributed by atoms with E-state index in [0.717, 1.165) is 25.9 Å². The predicted molar refractivity (Wildman–Crippen MR) is 70.5 cm³/mol. The van der Waals surface area contributed by atoms with Crippen LogP contribution in [0.2, 0.25) is 0 Å². The van der Waals surface area contributed by atoms with E-state index in [1.165, 1.54) is 19.3 Å². The first-order chi connectivity index (χ1) is 9.16. The van der Waals surface area contributed by atoms with Gasteiger partial charge in [-0.25, -0.2) is 0 Å². The average molecular weight is 262 g/mol. The molecule has 0 aromatic rings. The molecule has 3 fully saturated rings. The van der Waals surface area contributed by atoms with Crippen molar-refractivity contribution in [3.63, 3.8) is 0 Å². The Bertz CT molecular complexity index is 443. The molecule has 19 heavy (non-hydrogen) atoms. The van der Waals surface area contributed by atoms with E-state index in [9.17, 15) is 4.79 Å². The number of esters is 1. The molecule has 4 aliphatic rings. The van der Waals surface area contributed by atoms with Crippen LogP contribution in [0, 0.1) is 17.8 Å². The first-order valence-electron chi connectivity index (χ1n) is 7.69. The summed E-state index contributed by atoms with van der Waals surface area (Å²) in [4.78, 5) is 12.0. The van der Waals surface area contributed by atoms with Crippen LogP contribution in [-0.2, 0) is 14.3 Å². The van der Waals surface area contributed by atoms with E-state index in [2.05, 4.69) is 19.1 Å². The third-order valence-corrected chi connectivity index (χ3v) is 5.94. The summed E-state index contributed by atoms with van der Waals surface area (Å²) in [5, 5.41) is 0. The summed E-state index contributed by atoms with van der Waals surface area (Å²) in [6, 6.07) is 0. The van der Waals surface area contributed by atoms with E-state index < -0.39 is 0 Å². The molecule has 104 valence electrons. The Balaban J connectivity index is 1.54. The van der Waals surface area contributed by atoms with Gasteiger partial charge < -0.3 is 9.47 Å². The predicted octanol–water partition coefficient (Wildman–Crippen LogP) is 2.84. The summed E-state index contributed by atoms with van der Waals surface area (Å²) in [6.07, 6.45) is 11.3. The highest BCUT2D eigenvalue weighted by Crippen LogP contribution is 2.66. The number of carbonyl (C=O) groups is 1. The van der Waals surface area contributed by atoms with Crippen LogP contribution in [0.4, 0.5) is 0 Å². The minimum absolute atomic E-state index is 0.0116. The van der Waals surface area contributed by atoms with Crippen LogP contribution >= 0.6 is 0 Å². The van der Waals surface area contributed by atoms with Gasteiger partial charge in [-0.2, -0.15) is 0 Å². The van der Waals surface area contributed by atoms with Crippen LogP contribution in [0.15, 0.2) is 12.2 Å². The summed E-state index contributed by atoms with van der Waals surface area (Å²) in [5.74, 6) is 1.07. The average Bonchev–Trinajstić information content (AvgIpc) is 2.65. The zero-order valence-electron chi connectivity index (χ0n) is 11.6. The fourth-order valence-corrected chi connectivity index (χ4v) is 4.87. The van der Waals surface area contributed by atoms with E-state index >= 15 is 0 Å². The first-order valence-corrected chi connectivity index (χ1v) is 7.69. The van der Waals surface area contributed by atoms with Crippen LogP contribution < -0.4 is 0 Å². The Morgan fingerprint density at radius 1 is 1.47 bits per heavy atom. The van der Waals surface area contributed by atoms with Gasteiger partial charge in [0.15, 0.2) is 0 Å². The Kier molecular flexibility index (Phi) is 2.42. The SMILES string of the molecule is C[C@]12CC[C@@H]3C[C@H](C(=O)O1)[C@@]32OC[C@@H]1C=CCCC1. The zero-order chi connectivity index (χ0) is 13.1. The lowest BCUT2D eigenvalue weighted by molar-refractivity contribution is -0.203. The van der Waals surface area contributed by atoms with Gasteiger partial charge in [0.2, 0.25) is 0 Å². The Labute approximate surface area is 114 Å². The lowest BCUT2D eigenvalue weighted by Crippen LogP contribution is -2.62. The summed E-state index contributed by atoms with van der Waals surface area (Å²) < 4.78 is 12.1. The Morgan fingerprint density at radius 3 is 3.16 bits per heavy atom. The molecule has 5 atom stereocenters. The molecule has 1 aliphatic heterocycles. The van der Waals surface area contributed by atoms with Gasteiger partial charge in [0.1, 0.15) is 11.2 Å². The molecule has 3 aliphatic carbocycles. The van der Waals surface area contributed by atoms with Crippen molar-refractivity contribution in [2.45, 2.75) is 56.7 Å². The van der Waals surface area contributed by atoms with Gasteiger partial charge in [-0.1, -0.05) is 12.2 Å². The molecule has 1 saturated heterocycles. The maximum Gasteiger partial charge on any atom is 0.312 e. The molecule has 4 rings (SSSR count). The highest BCUT2D eigenvalue weighted by molar-refractivity contribution is 5.80. The van der Waals surface area contributed by atoms with Gasteiger partial charge in [0, 0.05) is 5.92 Å². The van der Waals surface area contributed by atoms with Gasteiger partial charge >= 0.3 is 5.97 Å². The maximum absolute atomic E-state index is 12.0. The summed E-state index contributed by atoms with van der Waals surface area (Å²) in [5.41, 5.74) is -0.634. The minimum atomic E-state index is -0.351. The molecule has 0 radical (unpaired) electrons. The van der Waals surface area contributed by atoms with Crippen molar-refractivity contribution in [2.24, 2.45) is 17.8 Å². The van der Waals surface area contributed by atoms with Gasteiger partial charge in [-0.15, -0.1) is 0 Å². The van der Waals surface area contributed by atoms with Crippen molar-refractivity contribution in [3.8, 4) is 0 Å². The normalized spacial score (nSPS) is 50.8. The molecule has 0 spiro atoms. The second kappa shape index (κ2) is 3.85. The molecule has 1 heterocycles. The van der Waals surface area contributed by atoms with Gasteiger partial charge in [-0.05, 0) is 51.4 Å². The Morgan fingerprint density at radius 2 is 2.37 bits per heavy atom. The van der Waals surface area contributed by atoms with Crippen molar-refractivity contribution >= 4 is 5.97 Å². The van der Waals surface area contributed by atoms with Crippen molar-refractivity contribution in [2.75, 3.05) is 6.61 Å². The van der Waals surface area contributed by atoms with Crippen LogP contribution in [0.1, 0.15) is 45.4 Å². The highest BCUT2D eigenvalue weighted by atomic mass is 16.6. The smallest absolute Gasteiger partial charge is 0.312 e. The molecule has 0 aromatic heterocycles. The molecule has 3 heteroatoms. The van der Waals surface area contributed by atoms with Gasteiger partial charge in [-0.3, -0.25) is 4.79 Å². The van der Waals surface area contributed by atoms with Gasteiger partial charge in [0.05, 0.1) is 12.5 Å². The van der Waals surface area contributed by atoms with Crippen LogP contribution in [0.3, 0.4) is 0 Å². The maximum atomic E-state index is 12.0. The molecule has 0 unspecified atom stereocenters. The van der Waals surface area contributed by atoms with E-state index in [0.29, 0.717) is 11.8 Å². The number of allylic oxidation sites excluding steroid dienone is 1. The summed E-state index contributed by atoms with van der Waals surface area (Å²) >= 11 is 0. The lowest BCUT2D eigenvalue weighted by atomic mass is 9.60. The number of hydrogen-bond donors (Lipinski definition) is 0. The monoisotopic (exact) mass is 262 g/mol. The fourth-order valence-electron chi connectivity index (χ4n) is 4.87. The fraction of sp³-hybridized carbons (Fsp3) is 0.812. The van der Waals surface area contributed by atoms with E-state index in [4.69, 9.17) is 9.47 Å². The number of hydrogen-bond acceptors (Lipinski definition) is 3. The van der Waals surface area contributed by atoms with Crippen molar-refractivity contribution in [3.05, 3.63) is 12.2 Å². The van der Waals surface area contributed by atoms with E-state index in [1.807, 2.05) is 0 Å². The van der Waals surface area contributed by atoms with Crippen molar-refractivity contribution in [1.82, 2.24) is 0 Å². The molecule has 3 nitrogen and oxygen atoms in total. The van der Waals surface area contributed by atoms with Crippen molar-refractivity contribution in [1.29, 1.82) is 0 Å². The lowest BCUT2D eigenvalue weighted by Gasteiger charge is -2.50. The molecule has 0 bridgehead atoms. The molecule has 2 saturated carbocycles. The molecule has 0 amide bonds. The Hall–Kier alpha value is -0.830. The number of ether oxygens (including phenoxy) is 2. The van der Waals surface area contributed by atoms with Crippen LogP contribution in [-0.4, -0.2) is 23.8 Å². The largest absolute Gasteiger partial charge is 0.456 e. The zero-order valence-corrected chi connectivity index (χ0v) is 11.6. The first kappa shape index (κ1) is 12.0. The molecular formula is C16H22O3. The second-order valence-electron chi connectivity index (χ2n) is 6.90. The minimum Gasteiger partial charge on any atom is -0.456 e. The summed E-state index contributed by atoms with van der Waals surface area (Å²) in [7, 11) is 0. The van der Waals surface area contributed by atoms with Crippen LogP contribution in [0.25, 0.3) is 0 Å². The number of rotatable bonds is 3. The molecule has 0 N–H and O–H groups in total. The summed E-state index contributed by atoms with van der Waals surface area (Å²) in [6.45, 7) is 2.84. The molecular weight excluding hydrogens is 240 g/mol. The standard InChI is InChI=1S/C16H22O3/c1-15-8-7-12-9-13(14(17)19-15)16(12,15)18-10-11-5-3-2-4-6-11/h3,5,11-13H,2,4,6-10H2,1H3/t11-,12-,13-,15-,16+/m1/s1. The van der Waals surface area contributed by atoms with Crippen molar-refractivity contribution < 1.29 is 14.3 Å². The highest BCUT2D eigenvalue weighted by Gasteiger charge is 2.77. The third-order valence-electron chi connectivity index (χ3n) is 5.94. The molecule has 0 aromatic carbocycles. The van der Waals surface area contributed by atoms with Crippen LogP contribution in [0.5, 0.6) is 0 Å². The van der Waals surface area contributed by atoms with E-state index in [1.54, 1.807) is 0 Å².